The van der Waals surface area contributed by atoms with Crippen LogP contribution in [0.3, 0.4) is 0 Å². The van der Waals surface area contributed by atoms with Gasteiger partial charge in [-0.2, -0.15) is 0 Å². The quantitative estimate of drug-likeness (QED) is 0.614. The van der Waals surface area contributed by atoms with Crippen LogP contribution >= 0.6 is 0 Å². The molecular weight excluding hydrogens is 262 g/mol. The molecule has 0 spiro atoms. The maximum absolute atomic E-state index is 11.3. The molecule has 0 fully saturated rings. The van der Waals surface area contributed by atoms with Gasteiger partial charge in [0.2, 0.25) is 0 Å². The van der Waals surface area contributed by atoms with Gasteiger partial charge < -0.3 is 10.1 Å². The Balaban J connectivity index is 1.71. The molecule has 0 radical (unpaired) electrons. The molecule has 0 aromatic heterocycles. The van der Waals surface area contributed by atoms with Crippen molar-refractivity contribution in [2.24, 2.45) is 0 Å². The average Bonchev–Trinajstić information content (AvgIpc) is 2.49. The molecule has 0 heterocycles. The first-order valence-corrected chi connectivity index (χ1v) is 7.19. The number of hydrogen-bond acceptors (Lipinski definition) is 3. The first kappa shape index (κ1) is 15.1. The number of rotatable bonds is 7. The first-order valence-electron chi connectivity index (χ1n) is 7.19. The summed E-state index contributed by atoms with van der Waals surface area (Å²) in [6.07, 6.45) is 0.901. The number of ketones is 1. The van der Waals surface area contributed by atoms with Gasteiger partial charge in [0.25, 0.3) is 0 Å². The third-order valence-corrected chi connectivity index (χ3v) is 3.21. The third kappa shape index (κ3) is 4.95. The Bertz CT molecular complexity index is 590. The van der Waals surface area contributed by atoms with Crippen LogP contribution in [0.15, 0.2) is 48.5 Å². The number of ether oxygens (including phenoxy) is 1. The summed E-state index contributed by atoms with van der Waals surface area (Å²) in [6.45, 7) is 5.12. The van der Waals surface area contributed by atoms with Crippen LogP contribution in [0.25, 0.3) is 0 Å². The Hall–Kier alpha value is -2.29. The van der Waals surface area contributed by atoms with Crippen LogP contribution in [0.2, 0.25) is 0 Å². The highest BCUT2D eigenvalue weighted by molar-refractivity contribution is 5.94. The van der Waals surface area contributed by atoms with Crippen LogP contribution in [-0.4, -0.2) is 18.9 Å². The number of aryl methyl sites for hydroxylation is 1. The van der Waals surface area contributed by atoms with E-state index in [1.807, 2.05) is 48.5 Å². The van der Waals surface area contributed by atoms with Gasteiger partial charge in [0.05, 0.1) is 6.61 Å². The van der Waals surface area contributed by atoms with Crippen molar-refractivity contribution in [2.75, 3.05) is 18.5 Å². The van der Waals surface area contributed by atoms with E-state index in [2.05, 4.69) is 12.2 Å². The van der Waals surface area contributed by atoms with E-state index in [0.29, 0.717) is 6.61 Å². The maximum Gasteiger partial charge on any atom is 0.159 e. The fourth-order valence-corrected chi connectivity index (χ4v) is 1.98. The number of anilines is 1. The van der Waals surface area contributed by atoms with E-state index in [9.17, 15) is 4.79 Å². The third-order valence-electron chi connectivity index (χ3n) is 3.21. The number of benzene rings is 2. The molecule has 2 aromatic rings. The molecular formula is C18H21NO2. The predicted octanol–water partition coefficient (Wildman–Crippen LogP) is 4.08. The standard InChI is InChI=1S/C18H21NO2/c1-14-7-9-18(10-8-14)21-12-4-11-19-17-6-3-5-16(13-17)15(2)20/h3,5-10,13,19H,4,11-12H2,1-2H3. The van der Waals surface area contributed by atoms with E-state index in [-0.39, 0.29) is 5.78 Å². The normalized spacial score (nSPS) is 10.2. The van der Waals surface area contributed by atoms with E-state index in [0.717, 1.165) is 30.0 Å². The molecule has 0 saturated heterocycles. The molecule has 0 aliphatic rings. The second kappa shape index (κ2) is 7.48. The van der Waals surface area contributed by atoms with Crippen LogP contribution < -0.4 is 10.1 Å². The minimum atomic E-state index is 0.0846. The molecule has 0 amide bonds. The van der Waals surface area contributed by atoms with Crippen molar-refractivity contribution in [3.8, 4) is 5.75 Å². The molecule has 0 saturated carbocycles. The van der Waals surface area contributed by atoms with E-state index >= 15 is 0 Å². The largest absolute Gasteiger partial charge is 0.494 e. The van der Waals surface area contributed by atoms with E-state index in [1.54, 1.807) is 6.92 Å². The van der Waals surface area contributed by atoms with Crippen molar-refractivity contribution in [3.05, 3.63) is 59.7 Å². The van der Waals surface area contributed by atoms with Gasteiger partial charge in [-0.05, 0) is 44.5 Å². The second-order valence-electron chi connectivity index (χ2n) is 5.08. The lowest BCUT2D eigenvalue weighted by molar-refractivity contribution is 0.101. The van der Waals surface area contributed by atoms with Crippen molar-refractivity contribution < 1.29 is 9.53 Å². The summed E-state index contributed by atoms with van der Waals surface area (Å²) in [5.41, 5.74) is 2.93. The summed E-state index contributed by atoms with van der Waals surface area (Å²) < 4.78 is 5.67. The minimum Gasteiger partial charge on any atom is -0.494 e. The molecule has 21 heavy (non-hydrogen) atoms. The van der Waals surface area contributed by atoms with Gasteiger partial charge in [-0.3, -0.25) is 4.79 Å². The van der Waals surface area contributed by atoms with Crippen LogP contribution in [0.4, 0.5) is 5.69 Å². The number of nitrogens with one attached hydrogen (secondary N) is 1. The molecule has 0 aliphatic carbocycles. The van der Waals surface area contributed by atoms with E-state index < -0.39 is 0 Å². The summed E-state index contributed by atoms with van der Waals surface area (Å²) in [6, 6.07) is 15.6. The molecule has 3 nitrogen and oxygen atoms in total. The Morgan fingerprint density at radius 1 is 1.14 bits per heavy atom. The topological polar surface area (TPSA) is 38.3 Å². The molecule has 2 aromatic carbocycles. The summed E-state index contributed by atoms with van der Waals surface area (Å²) in [5.74, 6) is 0.987. The number of carbonyl (C=O) groups excluding carboxylic acids is 1. The summed E-state index contributed by atoms with van der Waals surface area (Å²) >= 11 is 0. The fourth-order valence-electron chi connectivity index (χ4n) is 1.98. The fraction of sp³-hybridized carbons (Fsp3) is 0.278. The number of Topliss-reactive ketones (excluding diaryl/α,β-unsaturated/α-hetero) is 1. The Morgan fingerprint density at radius 3 is 2.62 bits per heavy atom. The van der Waals surface area contributed by atoms with E-state index in [4.69, 9.17) is 4.74 Å². The van der Waals surface area contributed by atoms with Crippen LogP contribution in [0.1, 0.15) is 29.3 Å². The zero-order valence-electron chi connectivity index (χ0n) is 12.6. The monoisotopic (exact) mass is 283 g/mol. The summed E-state index contributed by atoms with van der Waals surface area (Å²) in [4.78, 5) is 11.3. The Kier molecular flexibility index (Phi) is 5.38. The Morgan fingerprint density at radius 2 is 1.90 bits per heavy atom. The highest BCUT2D eigenvalue weighted by atomic mass is 16.5. The highest BCUT2D eigenvalue weighted by Gasteiger charge is 2.00. The van der Waals surface area contributed by atoms with Crippen molar-refractivity contribution >= 4 is 11.5 Å². The molecule has 0 atom stereocenters. The van der Waals surface area contributed by atoms with Gasteiger partial charge in [-0.15, -0.1) is 0 Å². The van der Waals surface area contributed by atoms with Gasteiger partial charge in [-0.1, -0.05) is 29.8 Å². The molecule has 0 bridgehead atoms. The van der Waals surface area contributed by atoms with Crippen LogP contribution in [0.5, 0.6) is 5.75 Å². The molecule has 0 unspecified atom stereocenters. The smallest absolute Gasteiger partial charge is 0.159 e. The van der Waals surface area contributed by atoms with Gasteiger partial charge >= 0.3 is 0 Å². The maximum atomic E-state index is 11.3. The van der Waals surface area contributed by atoms with Crippen molar-refractivity contribution in [3.63, 3.8) is 0 Å². The lowest BCUT2D eigenvalue weighted by atomic mass is 10.1. The van der Waals surface area contributed by atoms with Crippen LogP contribution in [-0.2, 0) is 0 Å². The second-order valence-corrected chi connectivity index (χ2v) is 5.08. The van der Waals surface area contributed by atoms with Gasteiger partial charge in [0.1, 0.15) is 5.75 Å². The zero-order valence-corrected chi connectivity index (χ0v) is 12.6. The molecule has 110 valence electrons. The van der Waals surface area contributed by atoms with Crippen molar-refractivity contribution in [1.29, 1.82) is 0 Å². The van der Waals surface area contributed by atoms with Gasteiger partial charge in [0, 0.05) is 17.8 Å². The van der Waals surface area contributed by atoms with Crippen molar-refractivity contribution in [2.45, 2.75) is 20.3 Å². The predicted molar refractivity (Wildman–Crippen MR) is 86.2 cm³/mol. The van der Waals surface area contributed by atoms with Crippen molar-refractivity contribution in [1.82, 2.24) is 0 Å². The first-order chi connectivity index (χ1) is 10.1. The molecule has 3 heteroatoms. The van der Waals surface area contributed by atoms with Gasteiger partial charge in [-0.25, -0.2) is 0 Å². The molecule has 1 N–H and O–H groups in total. The number of carbonyl (C=O) groups is 1. The summed E-state index contributed by atoms with van der Waals surface area (Å²) in [5, 5.41) is 3.30. The zero-order chi connectivity index (χ0) is 15.1. The lowest BCUT2D eigenvalue weighted by Crippen LogP contribution is -2.07. The van der Waals surface area contributed by atoms with E-state index in [1.165, 1.54) is 5.56 Å². The van der Waals surface area contributed by atoms with Crippen LogP contribution in [0, 0.1) is 6.92 Å². The number of hydrogen-bond donors (Lipinski definition) is 1. The average molecular weight is 283 g/mol. The SMILES string of the molecule is CC(=O)c1cccc(NCCCOc2ccc(C)cc2)c1. The molecule has 2 rings (SSSR count). The lowest BCUT2D eigenvalue weighted by Gasteiger charge is -2.09. The minimum absolute atomic E-state index is 0.0846. The summed E-state index contributed by atoms with van der Waals surface area (Å²) in [7, 11) is 0. The Labute approximate surface area is 126 Å². The van der Waals surface area contributed by atoms with Gasteiger partial charge in [0.15, 0.2) is 5.78 Å². The molecule has 0 aliphatic heterocycles. The highest BCUT2D eigenvalue weighted by Crippen LogP contribution is 2.13.